The van der Waals surface area contributed by atoms with E-state index in [1.165, 1.54) is 19.2 Å². The molecule has 2 rings (SSSR count). The Balaban J connectivity index is 2.03. The molecule has 1 atom stereocenters. The first kappa shape index (κ1) is 16.6. The maximum absolute atomic E-state index is 13.3. The van der Waals surface area contributed by atoms with Crippen LogP contribution in [0.4, 0.5) is 4.39 Å². The Labute approximate surface area is 135 Å². The van der Waals surface area contributed by atoms with Crippen molar-refractivity contribution in [3.8, 4) is 23.3 Å². The molecule has 0 spiro atoms. The molecule has 0 aromatic heterocycles. The van der Waals surface area contributed by atoms with Crippen molar-refractivity contribution in [2.45, 2.75) is 12.3 Å². The van der Waals surface area contributed by atoms with E-state index < -0.39 is 5.92 Å². The van der Waals surface area contributed by atoms with E-state index in [0.29, 0.717) is 35.8 Å². The smallest absolute Gasteiger partial charge is 0.203 e. The van der Waals surface area contributed by atoms with Crippen LogP contribution in [0.5, 0.6) is 17.2 Å². The quantitative estimate of drug-likeness (QED) is 0.777. The van der Waals surface area contributed by atoms with Crippen molar-refractivity contribution in [2.75, 3.05) is 20.8 Å². The van der Waals surface area contributed by atoms with Crippen molar-refractivity contribution in [2.24, 2.45) is 0 Å². The lowest BCUT2D eigenvalue weighted by atomic mass is 9.98. The summed E-state index contributed by atoms with van der Waals surface area (Å²) in [7, 11) is 3.09. The number of nitriles is 1. The molecular weight excluding hydrogens is 297 g/mol. The summed E-state index contributed by atoms with van der Waals surface area (Å²) in [6.07, 6.45) is 0.445. The molecule has 0 aliphatic carbocycles. The summed E-state index contributed by atoms with van der Waals surface area (Å²) >= 11 is 0. The van der Waals surface area contributed by atoms with Gasteiger partial charge in [-0.05, 0) is 29.8 Å². The number of nitrogens with zero attached hydrogens (tertiary/aromatic N) is 1. The van der Waals surface area contributed by atoms with Crippen molar-refractivity contribution in [1.82, 2.24) is 0 Å². The molecule has 0 fully saturated rings. The number of methoxy groups -OCH3 is 2. The van der Waals surface area contributed by atoms with Gasteiger partial charge in [-0.2, -0.15) is 5.26 Å². The van der Waals surface area contributed by atoms with E-state index in [1.807, 2.05) is 0 Å². The first-order valence-electron chi connectivity index (χ1n) is 7.18. The first-order chi connectivity index (χ1) is 11.2. The Morgan fingerprint density at radius 1 is 1.09 bits per heavy atom. The van der Waals surface area contributed by atoms with Crippen molar-refractivity contribution >= 4 is 0 Å². The predicted octanol–water partition coefficient (Wildman–Crippen LogP) is 3.92. The molecule has 0 N–H and O–H groups in total. The molecule has 0 saturated heterocycles. The van der Waals surface area contributed by atoms with Gasteiger partial charge in [-0.15, -0.1) is 0 Å². The molecule has 1 unspecified atom stereocenters. The van der Waals surface area contributed by atoms with E-state index in [0.717, 1.165) is 0 Å². The highest BCUT2D eigenvalue weighted by molar-refractivity contribution is 5.51. The summed E-state index contributed by atoms with van der Waals surface area (Å²) in [5, 5.41) is 9.28. The Bertz CT molecular complexity index is 697. The van der Waals surface area contributed by atoms with Crippen LogP contribution in [0.25, 0.3) is 0 Å². The second kappa shape index (κ2) is 8.04. The minimum Gasteiger partial charge on any atom is -0.493 e. The number of hydrogen-bond acceptors (Lipinski definition) is 4. The van der Waals surface area contributed by atoms with Gasteiger partial charge in [0, 0.05) is 6.42 Å². The standard InChI is InChI=1S/C18H18FNO3/c1-21-16-7-4-8-17(18(16)22-2)23-10-9-14(12-20)13-5-3-6-15(19)11-13/h3-8,11,14H,9-10H2,1-2H3. The molecule has 4 nitrogen and oxygen atoms in total. The van der Waals surface area contributed by atoms with E-state index >= 15 is 0 Å². The first-order valence-corrected chi connectivity index (χ1v) is 7.18. The topological polar surface area (TPSA) is 51.5 Å². The van der Waals surface area contributed by atoms with Gasteiger partial charge in [0.25, 0.3) is 0 Å². The second-order valence-electron chi connectivity index (χ2n) is 4.87. The maximum Gasteiger partial charge on any atom is 0.203 e. The fraction of sp³-hybridized carbons (Fsp3) is 0.278. The SMILES string of the molecule is COc1cccc(OCCC(C#N)c2cccc(F)c2)c1OC. The lowest BCUT2D eigenvalue weighted by Crippen LogP contribution is -2.06. The van der Waals surface area contributed by atoms with Crippen molar-refractivity contribution in [3.63, 3.8) is 0 Å². The normalized spacial score (nSPS) is 11.4. The third kappa shape index (κ3) is 4.13. The third-order valence-corrected chi connectivity index (χ3v) is 3.44. The Morgan fingerprint density at radius 2 is 1.83 bits per heavy atom. The van der Waals surface area contributed by atoms with Crippen LogP contribution in [0.2, 0.25) is 0 Å². The van der Waals surface area contributed by atoms with Crippen LogP contribution < -0.4 is 14.2 Å². The molecule has 0 radical (unpaired) electrons. The summed E-state index contributed by atoms with van der Waals surface area (Å²) < 4.78 is 29.5. The monoisotopic (exact) mass is 315 g/mol. The molecule has 2 aromatic rings. The molecule has 0 aliphatic rings. The largest absolute Gasteiger partial charge is 0.493 e. The Morgan fingerprint density at radius 3 is 2.48 bits per heavy atom. The summed E-state index contributed by atoms with van der Waals surface area (Å²) in [6.45, 7) is 0.304. The minimum atomic E-state index is -0.428. The van der Waals surface area contributed by atoms with Gasteiger partial charge in [0.1, 0.15) is 5.82 Å². The van der Waals surface area contributed by atoms with Gasteiger partial charge in [0.05, 0.1) is 32.8 Å². The molecule has 0 amide bonds. The van der Waals surface area contributed by atoms with E-state index in [1.54, 1.807) is 37.4 Å². The predicted molar refractivity (Wildman–Crippen MR) is 84.4 cm³/mol. The van der Waals surface area contributed by atoms with Crippen molar-refractivity contribution < 1.29 is 18.6 Å². The third-order valence-electron chi connectivity index (χ3n) is 3.44. The number of hydrogen-bond donors (Lipinski definition) is 0. The number of ether oxygens (including phenoxy) is 3. The zero-order chi connectivity index (χ0) is 16.7. The minimum absolute atomic E-state index is 0.304. The van der Waals surface area contributed by atoms with Crippen LogP contribution in [-0.2, 0) is 0 Å². The number of halogens is 1. The van der Waals surface area contributed by atoms with Crippen LogP contribution in [0, 0.1) is 17.1 Å². The Kier molecular flexibility index (Phi) is 5.81. The molecule has 0 saturated carbocycles. The van der Waals surface area contributed by atoms with Gasteiger partial charge in [-0.25, -0.2) is 4.39 Å². The lowest BCUT2D eigenvalue weighted by molar-refractivity contribution is 0.277. The maximum atomic E-state index is 13.3. The van der Waals surface area contributed by atoms with E-state index in [-0.39, 0.29) is 5.82 Å². The van der Waals surface area contributed by atoms with Gasteiger partial charge in [-0.3, -0.25) is 0 Å². The van der Waals surface area contributed by atoms with Gasteiger partial charge < -0.3 is 14.2 Å². The van der Waals surface area contributed by atoms with Gasteiger partial charge in [0.2, 0.25) is 5.75 Å². The number of rotatable bonds is 7. The lowest BCUT2D eigenvalue weighted by Gasteiger charge is -2.15. The highest BCUT2D eigenvalue weighted by Gasteiger charge is 2.14. The summed E-state index contributed by atoms with van der Waals surface area (Å²) in [5.74, 6) is 0.851. The number of benzene rings is 2. The molecule has 0 aliphatic heterocycles. The number of para-hydroxylation sites is 1. The van der Waals surface area contributed by atoms with Gasteiger partial charge in [-0.1, -0.05) is 18.2 Å². The molecule has 0 heterocycles. The summed E-state index contributed by atoms with van der Waals surface area (Å²) in [6, 6.07) is 13.6. The summed E-state index contributed by atoms with van der Waals surface area (Å²) in [4.78, 5) is 0. The molecule has 2 aromatic carbocycles. The average molecular weight is 315 g/mol. The Hall–Kier alpha value is -2.74. The molecule has 0 bridgehead atoms. The summed E-state index contributed by atoms with van der Waals surface area (Å²) in [5.41, 5.74) is 0.647. The van der Waals surface area contributed by atoms with E-state index in [9.17, 15) is 9.65 Å². The molecule has 120 valence electrons. The van der Waals surface area contributed by atoms with Crippen LogP contribution in [0.1, 0.15) is 17.9 Å². The van der Waals surface area contributed by atoms with Crippen LogP contribution in [0.15, 0.2) is 42.5 Å². The fourth-order valence-electron chi connectivity index (χ4n) is 2.29. The van der Waals surface area contributed by atoms with Crippen LogP contribution in [-0.4, -0.2) is 20.8 Å². The fourth-order valence-corrected chi connectivity index (χ4v) is 2.29. The molecular formula is C18H18FNO3. The molecule has 23 heavy (non-hydrogen) atoms. The zero-order valence-corrected chi connectivity index (χ0v) is 13.1. The van der Waals surface area contributed by atoms with E-state index in [4.69, 9.17) is 14.2 Å². The van der Waals surface area contributed by atoms with Crippen LogP contribution >= 0.6 is 0 Å². The van der Waals surface area contributed by atoms with E-state index in [2.05, 4.69) is 6.07 Å². The average Bonchev–Trinajstić information content (AvgIpc) is 2.58. The molecule has 5 heteroatoms. The van der Waals surface area contributed by atoms with Crippen molar-refractivity contribution in [1.29, 1.82) is 5.26 Å². The highest BCUT2D eigenvalue weighted by Crippen LogP contribution is 2.36. The second-order valence-corrected chi connectivity index (χ2v) is 4.87. The van der Waals surface area contributed by atoms with Crippen LogP contribution in [0.3, 0.4) is 0 Å². The zero-order valence-electron chi connectivity index (χ0n) is 13.1. The van der Waals surface area contributed by atoms with Crippen molar-refractivity contribution in [3.05, 3.63) is 53.8 Å². The van der Waals surface area contributed by atoms with Gasteiger partial charge in [0.15, 0.2) is 11.5 Å². The van der Waals surface area contributed by atoms with Gasteiger partial charge >= 0.3 is 0 Å². The highest BCUT2D eigenvalue weighted by atomic mass is 19.1.